The molecule has 0 spiro atoms. The average molecular weight is 291 g/mol. The summed E-state index contributed by atoms with van der Waals surface area (Å²) in [5.41, 5.74) is 2.54. The first-order chi connectivity index (χ1) is 9.52. The van der Waals surface area contributed by atoms with Gasteiger partial charge in [-0.2, -0.15) is 5.26 Å². The maximum atomic E-state index is 9.04. The van der Waals surface area contributed by atoms with Crippen LogP contribution in [0.5, 0.6) is 0 Å². The number of aromatic nitrogens is 2. The van der Waals surface area contributed by atoms with Crippen LogP contribution in [-0.2, 0) is 6.54 Å². The lowest BCUT2D eigenvalue weighted by atomic mass is 10.2. The van der Waals surface area contributed by atoms with Gasteiger partial charge in [-0.25, -0.2) is 4.98 Å². The molecule has 0 fully saturated rings. The Morgan fingerprint density at radius 2 is 2.20 bits per heavy atom. The molecule has 0 bridgehead atoms. The second-order valence-electron chi connectivity index (χ2n) is 5.21. The summed E-state index contributed by atoms with van der Waals surface area (Å²) in [7, 11) is 4.12. The standard InChI is InChI=1S/C15H19ClN4/c1-11(16)15-18-13-6-5-12(10-17)9-14(13)20(15)8-4-7-19(2)3/h5-6,9,11H,4,7-8H2,1-3H3. The smallest absolute Gasteiger partial charge is 0.127 e. The zero-order valence-electron chi connectivity index (χ0n) is 12.1. The molecule has 1 atom stereocenters. The fraction of sp³-hybridized carbons (Fsp3) is 0.467. The molecule has 2 rings (SSSR count). The molecule has 20 heavy (non-hydrogen) atoms. The number of fused-ring (bicyclic) bond motifs is 1. The van der Waals surface area contributed by atoms with E-state index in [-0.39, 0.29) is 5.38 Å². The number of hydrogen-bond acceptors (Lipinski definition) is 3. The summed E-state index contributed by atoms with van der Waals surface area (Å²) in [6, 6.07) is 7.75. The molecule has 0 radical (unpaired) electrons. The van der Waals surface area contributed by atoms with Gasteiger partial charge in [0.15, 0.2) is 0 Å². The van der Waals surface area contributed by atoms with Crippen LogP contribution in [0.4, 0.5) is 0 Å². The Kier molecular flexibility index (Phi) is 4.64. The molecule has 1 unspecified atom stereocenters. The van der Waals surface area contributed by atoms with Gasteiger partial charge >= 0.3 is 0 Å². The fourth-order valence-corrected chi connectivity index (χ4v) is 2.46. The SMILES string of the molecule is CC(Cl)c1nc2ccc(C#N)cc2n1CCCN(C)C. The Bertz CT molecular complexity index is 637. The Hall–Kier alpha value is -1.57. The Morgan fingerprint density at radius 3 is 2.80 bits per heavy atom. The van der Waals surface area contributed by atoms with Gasteiger partial charge in [-0.3, -0.25) is 0 Å². The van der Waals surface area contributed by atoms with Crippen LogP contribution in [0, 0.1) is 11.3 Å². The van der Waals surface area contributed by atoms with Crippen LogP contribution in [-0.4, -0.2) is 35.1 Å². The van der Waals surface area contributed by atoms with Gasteiger partial charge in [0.25, 0.3) is 0 Å². The summed E-state index contributed by atoms with van der Waals surface area (Å²) in [4.78, 5) is 6.75. The second-order valence-corrected chi connectivity index (χ2v) is 5.86. The molecule has 0 amide bonds. The highest BCUT2D eigenvalue weighted by Crippen LogP contribution is 2.25. The van der Waals surface area contributed by atoms with Crippen molar-refractivity contribution in [2.24, 2.45) is 0 Å². The van der Waals surface area contributed by atoms with Crippen LogP contribution in [0.1, 0.15) is 30.1 Å². The molecule has 0 aliphatic carbocycles. The highest BCUT2D eigenvalue weighted by Gasteiger charge is 2.15. The number of nitriles is 1. The molecule has 5 heteroatoms. The largest absolute Gasteiger partial charge is 0.327 e. The molecule has 0 N–H and O–H groups in total. The first kappa shape index (κ1) is 14.8. The minimum Gasteiger partial charge on any atom is -0.327 e. The number of rotatable bonds is 5. The predicted molar refractivity (Wildman–Crippen MR) is 81.9 cm³/mol. The van der Waals surface area contributed by atoms with Gasteiger partial charge in [0.05, 0.1) is 28.0 Å². The molecular weight excluding hydrogens is 272 g/mol. The third-order valence-corrected chi connectivity index (χ3v) is 3.44. The van der Waals surface area contributed by atoms with Gasteiger partial charge in [-0.15, -0.1) is 11.6 Å². The highest BCUT2D eigenvalue weighted by molar-refractivity contribution is 6.20. The van der Waals surface area contributed by atoms with Crippen molar-refractivity contribution in [3.05, 3.63) is 29.6 Å². The molecule has 0 aliphatic rings. The minimum absolute atomic E-state index is 0.146. The first-order valence-corrected chi connectivity index (χ1v) is 7.15. The van der Waals surface area contributed by atoms with Crippen LogP contribution in [0.3, 0.4) is 0 Å². The van der Waals surface area contributed by atoms with Crippen LogP contribution >= 0.6 is 11.6 Å². The van der Waals surface area contributed by atoms with E-state index in [0.717, 1.165) is 36.4 Å². The van der Waals surface area contributed by atoms with Crippen molar-refractivity contribution >= 4 is 22.6 Å². The summed E-state index contributed by atoms with van der Waals surface area (Å²) in [6.07, 6.45) is 1.02. The van der Waals surface area contributed by atoms with Crippen LogP contribution in [0.2, 0.25) is 0 Å². The normalized spacial score (nSPS) is 12.8. The van der Waals surface area contributed by atoms with Crippen molar-refractivity contribution in [3.8, 4) is 6.07 Å². The summed E-state index contributed by atoms with van der Waals surface area (Å²) in [5.74, 6) is 0.871. The van der Waals surface area contributed by atoms with Gasteiger partial charge in [0.2, 0.25) is 0 Å². The summed E-state index contributed by atoms with van der Waals surface area (Å²) in [5, 5.41) is 8.89. The quantitative estimate of drug-likeness (QED) is 0.795. The predicted octanol–water partition coefficient (Wildman–Crippen LogP) is 3.16. The molecule has 4 nitrogen and oxygen atoms in total. The van der Waals surface area contributed by atoms with Crippen LogP contribution in [0.25, 0.3) is 11.0 Å². The van der Waals surface area contributed by atoms with Gasteiger partial charge in [-0.05, 0) is 52.2 Å². The van der Waals surface area contributed by atoms with E-state index >= 15 is 0 Å². The molecule has 1 aromatic heterocycles. The van der Waals surface area contributed by atoms with E-state index < -0.39 is 0 Å². The molecular formula is C15H19ClN4. The van der Waals surface area contributed by atoms with Crippen molar-refractivity contribution in [3.63, 3.8) is 0 Å². The zero-order valence-corrected chi connectivity index (χ0v) is 12.9. The number of aryl methyl sites for hydroxylation is 1. The van der Waals surface area contributed by atoms with Crippen LogP contribution in [0.15, 0.2) is 18.2 Å². The summed E-state index contributed by atoms with van der Waals surface area (Å²) < 4.78 is 2.14. The van der Waals surface area contributed by atoms with Crippen molar-refractivity contribution in [2.45, 2.75) is 25.3 Å². The molecule has 1 aromatic carbocycles. The van der Waals surface area contributed by atoms with E-state index in [2.05, 4.69) is 34.6 Å². The molecule has 0 saturated carbocycles. The van der Waals surface area contributed by atoms with Gasteiger partial charge in [-0.1, -0.05) is 0 Å². The van der Waals surface area contributed by atoms with E-state index in [1.54, 1.807) is 6.07 Å². The topological polar surface area (TPSA) is 44.9 Å². The lowest BCUT2D eigenvalue weighted by Crippen LogP contribution is -2.16. The van der Waals surface area contributed by atoms with E-state index in [0.29, 0.717) is 5.56 Å². The zero-order chi connectivity index (χ0) is 14.7. The Labute approximate surface area is 124 Å². The number of imidazole rings is 1. The fourth-order valence-electron chi connectivity index (χ4n) is 2.29. The maximum absolute atomic E-state index is 9.04. The lowest BCUT2D eigenvalue weighted by molar-refractivity contribution is 0.386. The Morgan fingerprint density at radius 1 is 1.45 bits per heavy atom. The number of nitrogens with zero attached hydrogens (tertiary/aromatic N) is 4. The minimum atomic E-state index is -0.146. The van der Waals surface area contributed by atoms with Crippen molar-refractivity contribution in [2.75, 3.05) is 20.6 Å². The van der Waals surface area contributed by atoms with Crippen molar-refractivity contribution in [1.82, 2.24) is 14.5 Å². The van der Waals surface area contributed by atoms with Crippen molar-refractivity contribution in [1.29, 1.82) is 5.26 Å². The van der Waals surface area contributed by atoms with Gasteiger partial charge < -0.3 is 9.47 Å². The number of benzene rings is 1. The van der Waals surface area contributed by atoms with E-state index in [1.165, 1.54) is 0 Å². The Balaban J connectivity index is 2.41. The van der Waals surface area contributed by atoms with Gasteiger partial charge in [0, 0.05) is 6.54 Å². The molecule has 0 saturated heterocycles. The third kappa shape index (κ3) is 3.12. The summed E-state index contributed by atoms with van der Waals surface area (Å²) >= 11 is 6.24. The number of halogens is 1. The van der Waals surface area contributed by atoms with E-state index in [9.17, 15) is 0 Å². The summed E-state index contributed by atoms with van der Waals surface area (Å²) in [6.45, 7) is 3.79. The van der Waals surface area contributed by atoms with Gasteiger partial charge in [0.1, 0.15) is 5.82 Å². The van der Waals surface area contributed by atoms with E-state index in [4.69, 9.17) is 16.9 Å². The number of hydrogen-bond donors (Lipinski definition) is 0. The maximum Gasteiger partial charge on any atom is 0.127 e. The number of alkyl halides is 1. The molecule has 0 aliphatic heterocycles. The lowest BCUT2D eigenvalue weighted by Gasteiger charge is -2.13. The first-order valence-electron chi connectivity index (χ1n) is 6.72. The van der Waals surface area contributed by atoms with E-state index in [1.807, 2.05) is 19.1 Å². The molecule has 106 valence electrons. The molecule has 1 heterocycles. The molecule has 2 aromatic rings. The monoisotopic (exact) mass is 290 g/mol. The second kappa shape index (κ2) is 6.25. The van der Waals surface area contributed by atoms with Crippen molar-refractivity contribution < 1.29 is 0 Å². The highest BCUT2D eigenvalue weighted by atomic mass is 35.5. The van der Waals surface area contributed by atoms with Crippen LogP contribution < -0.4 is 0 Å². The average Bonchev–Trinajstić information content (AvgIpc) is 2.76. The third-order valence-electron chi connectivity index (χ3n) is 3.25.